The lowest BCUT2D eigenvalue weighted by Gasteiger charge is -2.24. The monoisotopic (exact) mass is 307 g/mol. The number of hydrogen-bond donors (Lipinski definition) is 1. The molecule has 120 valence electrons. The number of aliphatic hydroxyl groups is 1. The third-order valence-electron chi connectivity index (χ3n) is 3.99. The summed E-state index contributed by atoms with van der Waals surface area (Å²) in [4.78, 5) is 6.59. The van der Waals surface area contributed by atoms with Crippen LogP contribution in [0.4, 0.5) is 0 Å². The second kappa shape index (κ2) is 7.04. The Morgan fingerprint density at radius 1 is 1.55 bits per heavy atom. The normalized spacial score (nSPS) is 20.5. The molecule has 0 aliphatic carbocycles. The largest absolute Gasteiger partial charge is 0.467 e. The molecule has 3 rings (SSSR count). The summed E-state index contributed by atoms with van der Waals surface area (Å²) in [6, 6.07) is 3.89. The van der Waals surface area contributed by atoms with E-state index in [2.05, 4.69) is 15.0 Å². The first kappa shape index (κ1) is 15.2. The van der Waals surface area contributed by atoms with E-state index in [4.69, 9.17) is 13.7 Å². The zero-order valence-corrected chi connectivity index (χ0v) is 12.6. The highest BCUT2D eigenvalue weighted by molar-refractivity contribution is 5.03. The number of nitrogens with zero attached hydrogens (tertiary/aromatic N) is 3. The first-order valence-electron chi connectivity index (χ1n) is 7.52. The van der Waals surface area contributed by atoms with E-state index in [-0.39, 0.29) is 0 Å². The van der Waals surface area contributed by atoms with E-state index in [1.54, 1.807) is 25.5 Å². The number of furan rings is 1. The molecule has 1 N–H and O–H groups in total. The summed E-state index contributed by atoms with van der Waals surface area (Å²) in [7, 11) is 1.59. The molecule has 7 heteroatoms. The molecule has 1 aliphatic rings. The number of likely N-dealkylation sites (tertiary alicyclic amines) is 1. The van der Waals surface area contributed by atoms with Crippen LogP contribution in [0.5, 0.6) is 0 Å². The third kappa shape index (κ3) is 3.55. The van der Waals surface area contributed by atoms with Gasteiger partial charge in [0.1, 0.15) is 18.5 Å². The van der Waals surface area contributed by atoms with E-state index < -0.39 is 6.10 Å². The molecule has 0 aromatic carbocycles. The van der Waals surface area contributed by atoms with Gasteiger partial charge >= 0.3 is 0 Å². The van der Waals surface area contributed by atoms with E-state index in [9.17, 15) is 5.11 Å². The predicted molar refractivity (Wildman–Crippen MR) is 76.7 cm³/mol. The fourth-order valence-corrected chi connectivity index (χ4v) is 2.94. The summed E-state index contributed by atoms with van der Waals surface area (Å²) in [6.45, 7) is 1.93. The van der Waals surface area contributed by atoms with Gasteiger partial charge in [-0.1, -0.05) is 5.16 Å². The van der Waals surface area contributed by atoms with Crippen molar-refractivity contribution in [2.75, 3.05) is 13.7 Å². The van der Waals surface area contributed by atoms with Gasteiger partial charge in [-0.25, -0.2) is 0 Å². The van der Waals surface area contributed by atoms with Gasteiger partial charge in [0, 0.05) is 13.2 Å². The molecule has 2 atom stereocenters. The summed E-state index contributed by atoms with van der Waals surface area (Å²) >= 11 is 0. The fraction of sp³-hybridized carbons (Fsp3) is 0.600. The van der Waals surface area contributed by atoms with Crippen molar-refractivity contribution in [3.63, 3.8) is 0 Å². The highest BCUT2D eigenvalue weighted by Crippen LogP contribution is 2.28. The van der Waals surface area contributed by atoms with Crippen molar-refractivity contribution < 1.29 is 18.8 Å². The molecule has 0 spiro atoms. The summed E-state index contributed by atoms with van der Waals surface area (Å²) in [5.41, 5.74) is 0. The molecule has 0 amide bonds. The summed E-state index contributed by atoms with van der Waals surface area (Å²) in [6.07, 6.45) is 3.83. The van der Waals surface area contributed by atoms with Gasteiger partial charge in [0.05, 0.1) is 12.8 Å². The molecule has 0 bridgehead atoms. The van der Waals surface area contributed by atoms with Crippen molar-refractivity contribution >= 4 is 0 Å². The van der Waals surface area contributed by atoms with Crippen LogP contribution >= 0.6 is 0 Å². The van der Waals surface area contributed by atoms with E-state index in [1.807, 2.05) is 0 Å². The maximum Gasteiger partial charge on any atom is 0.252 e. The second-order valence-corrected chi connectivity index (χ2v) is 5.57. The molecule has 3 heterocycles. The van der Waals surface area contributed by atoms with Crippen molar-refractivity contribution in [3.05, 3.63) is 35.9 Å². The van der Waals surface area contributed by atoms with E-state index in [0.717, 1.165) is 19.4 Å². The van der Waals surface area contributed by atoms with Crippen LogP contribution in [0.25, 0.3) is 0 Å². The van der Waals surface area contributed by atoms with Crippen LogP contribution in [0.2, 0.25) is 0 Å². The Balaban J connectivity index is 1.58. The molecule has 2 aromatic rings. The summed E-state index contributed by atoms with van der Waals surface area (Å²) < 4.78 is 15.4. The molecule has 1 saturated heterocycles. The number of ether oxygens (including phenoxy) is 1. The standard InChI is InChI=1S/C15H21N3O4/c1-20-10-15-16-14(17-22-15)9-18-6-2-4-11(18)8-12(19)13-5-3-7-21-13/h3,5,7,11-12,19H,2,4,6,8-10H2,1H3. The smallest absolute Gasteiger partial charge is 0.252 e. The Labute approximate surface area is 128 Å². The van der Waals surface area contributed by atoms with E-state index in [1.165, 1.54) is 0 Å². The van der Waals surface area contributed by atoms with Crippen molar-refractivity contribution in [3.8, 4) is 0 Å². The van der Waals surface area contributed by atoms with Gasteiger partial charge in [-0.2, -0.15) is 4.98 Å². The van der Waals surface area contributed by atoms with Crippen LogP contribution in [0.1, 0.15) is 42.8 Å². The molecule has 22 heavy (non-hydrogen) atoms. The Morgan fingerprint density at radius 2 is 2.45 bits per heavy atom. The highest BCUT2D eigenvalue weighted by atomic mass is 16.5. The maximum absolute atomic E-state index is 10.2. The Bertz CT molecular complexity index is 569. The predicted octanol–water partition coefficient (Wildman–Crippen LogP) is 1.90. The number of hydrogen-bond acceptors (Lipinski definition) is 7. The number of methoxy groups -OCH3 is 1. The minimum atomic E-state index is -0.574. The Kier molecular flexibility index (Phi) is 4.87. The van der Waals surface area contributed by atoms with Crippen LogP contribution in [0.15, 0.2) is 27.3 Å². The van der Waals surface area contributed by atoms with Gasteiger partial charge in [0.15, 0.2) is 5.82 Å². The molecule has 7 nitrogen and oxygen atoms in total. The lowest BCUT2D eigenvalue weighted by molar-refractivity contribution is 0.0983. The zero-order chi connectivity index (χ0) is 15.4. The van der Waals surface area contributed by atoms with Crippen LogP contribution in [-0.2, 0) is 17.9 Å². The van der Waals surface area contributed by atoms with Crippen LogP contribution < -0.4 is 0 Å². The molecule has 0 saturated carbocycles. The lowest BCUT2D eigenvalue weighted by atomic mass is 10.1. The van der Waals surface area contributed by atoms with Crippen LogP contribution in [-0.4, -0.2) is 39.8 Å². The Morgan fingerprint density at radius 3 is 3.23 bits per heavy atom. The number of aromatic nitrogens is 2. The zero-order valence-electron chi connectivity index (χ0n) is 12.6. The molecule has 0 radical (unpaired) electrons. The second-order valence-electron chi connectivity index (χ2n) is 5.57. The van der Waals surface area contributed by atoms with Crippen molar-refractivity contribution in [1.29, 1.82) is 0 Å². The average Bonchev–Trinajstić information content (AvgIpc) is 3.23. The van der Waals surface area contributed by atoms with Gasteiger partial charge in [0.2, 0.25) is 0 Å². The fourth-order valence-electron chi connectivity index (χ4n) is 2.94. The van der Waals surface area contributed by atoms with Gasteiger partial charge in [-0.3, -0.25) is 4.90 Å². The highest BCUT2D eigenvalue weighted by Gasteiger charge is 2.29. The van der Waals surface area contributed by atoms with Crippen LogP contribution in [0.3, 0.4) is 0 Å². The number of aliphatic hydroxyl groups excluding tert-OH is 1. The van der Waals surface area contributed by atoms with Gasteiger partial charge in [-0.05, 0) is 37.9 Å². The average molecular weight is 307 g/mol. The van der Waals surface area contributed by atoms with Crippen molar-refractivity contribution in [2.24, 2.45) is 0 Å². The van der Waals surface area contributed by atoms with Crippen LogP contribution in [0, 0.1) is 0 Å². The van der Waals surface area contributed by atoms with E-state index >= 15 is 0 Å². The summed E-state index contributed by atoms with van der Waals surface area (Å²) in [5.74, 6) is 1.77. The molecular formula is C15H21N3O4. The van der Waals surface area contributed by atoms with Gasteiger partial charge in [-0.15, -0.1) is 0 Å². The maximum atomic E-state index is 10.2. The summed E-state index contributed by atoms with van der Waals surface area (Å²) in [5, 5.41) is 14.2. The first-order chi connectivity index (χ1) is 10.8. The van der Waals surface area contributed by atoms with Gasteiger partial charge < -0.3 is 18.8 Å². The molecule has 1 aliphatic heterocycles. The molecule has 2 aromatic heterocycles. The minimum absolute atomic E-state index is 0.296. The Hall–Kier alpha value is -1.70. The molecular weight excluding hydrogens is 286 g/mol. The van der Waals surface area contributed by atoms with E-state index in [0.29, 0.717) is 43.1 Å². The third-order valence-corrected chi connectivity index (χ3v) is 3.99. The molecule has 1 fully saturated rings. The quantitative estimate of drug-likeness (QED) is 0.836. The first-order valence-corrected chi connectivity index (χ1v) is 7.52. The van der Waals surface area contributed by atoms with Crippen molar-refractivity contribution in [2.45, 2.75) is 44.6 Å². The van der Waals surface area contributed by atoms with Gasteiger partial charge in [0.25, 0.3) is 5.89 Å². The van der Waals surface area contributed by atoms with Crippen molar-refractivity contribution in [1.82, 2.24) is 15.0 Å². The lowest BCUT2D eigenvalue weighted by Crippen LogP contribution is -2.30. The SMILES string of the molecule is COCc1nc(CN2CCCC2CC(O)c2ccco2)no1. The topological polar surface area (TPSA) is 84.8 Å². The minimum Gasteiger partial charge on any atom is -0.467 e. The number of rotatable bonds is 7. The molecule has 2 unspecified atom stereocenters.